The number of unbranched alkanes of at least 4 members (excludes halogenated alkanes) is 35. The van der Waals surface area contributed by atoms with Crippen LogP contribution in [0.1, 0.15) is 258 Å². The maximum atomic E-state index is 2.30. The summed E-state index contributed by atoms with van der Waals surface area (Å²) in [4.78, 5) is 0. The molecule has 2 heteroatoms. The first kappa shape index (κ1) is 50.3. The van der Waals surface area contributed by atoms with Gasteiger partial charge in [-0.1, -0.05) is 252 Å². The Balaban J connectivity index is 0. The van der Waals surface area contributed by atoms with Crippen LogP contribution in [0.4, 0.5) is 0 Å². The largest absolute Gasteiger partial charge is 1.00 e. The molecule has 0 N–H and O–H groups in total. The molecule has 0 radical (unpaired) electrons. The Bertz CT molecular complexity index is 625. The first-order valence-corrected chi connectivity index (χ1v) is 22.3. The van der Waals surface area contributed by atoms with Gasteiger partial charge in [-0.2, -0.15) is 0 Å². The Kier molecular flexibility index (Phi) is 49.4. The Hall–Kier alpha value is 0.150. The zero-order chi connectivity index (χ0) is 34.0. The molecule has 0 aliphatic carbocycles. The van der Waals surface area contributed by atoms with Crippen LogP contribution in [0.2, 0.25) is 0 Å². The molecule has 0 aliphatic rings. The van der Waals surface area contributed by atoms with E-state index in [-0.39, 0.29) is 29.6 Å². The van der Waals surface area contributed by atoms with Gasteiger partial charge in [0.25, 0.3) is 0 Å². The molecular weight excluding hydrogens is 590 g/mol. The molecule has 0 atom stereocenters. The number of pyridine rings is 1. The van der Waals surface area contributed by atoms with Crippen LogP contribution in [-0.4, -0.2) is 0 Å². The van der Waals surface area contributed by atoms with Crippen molar-refractivity contribution in [3.63, 3.8) is 0 Å². The predicted octanol–water partition coefficient (Wildman–Crippen LogP) is 13.5. The molecular formula is C46H90NNa+2. The van der Waals surface area contributed by atoms with Gasteiger partial charge in [-0.05, 0) is 6.42 Å². The van der Waals surface area contributed by atoms with Gasteiger partial charge in [-0.25, -0.2) is 4.57 Å². The summed E-state index contributed by atoms with van der Waals surface area (Å²) in [5.41, 5.74) is 0. The van der Waals surface area contributed by atoms with Crippen LogP contribution < -0.4 is 34.1 Å². The first-order chi connectivity index (χ1) is 23.3. The van der Waals surface area contributed by atoms with E-state index in [0.717, 1.165) is 0 Å². The molecule has 48 heavy (non-hydrogen) atoms. The fourth-order valence-electron chi connectivity index (χ4n) is 6.93. The molecule has 1 heterocycles. The van der Waals surface area contributed by atoms with E-state index in [1.807, 2.05) is 0 Å². The standard InChI is InChI=1S/C25H52.C21H38N.Na/c1-3-5-7-9-11-13-15-17-19-21-23-25-24-22-20-18-16-14-12-10-8-6-4-2;1-2-3-4-5-6-7-8-9-10-11-12-13-14-16-19-22-20-17-15-18-21-22;/h3-25H2,1-2H3;15,17-18,20-21H,2-14,16,19H2,1H3;/q;2*+1. The van der Waals surface area contributed by atoms with Gasteiger partial charge in [0.1, 0.15) is 6.54 Å². The minimum Gasteiger partial charge on any atom is -0.205 e. The molecule has 0 spiro atoms. The zero-order valence-electron chi connectivity index (χ0n) is 34.2. The van der Waals surface area contributed by atoms with Crippen molar-refractivity contribution in [1.82, 2.24) is 0 Å². The molecule has 0 unspecified atom stereocenters. The summed E-state index contributed by atoms with van der Waals surface area (Å²) >= 11 is 0. The normalized spacial score (nSPS) is 10.9. The maximum Gasteiger partial charge on any atom is 1.00 e. The van der Waals surface area contributed by atoms with Crippen LogP contribution in [0.15, 0.2) is 30.6 Å². The van der Waals surface area contributed by atoms with E-state index in [2.05, 4.69) is 55.9 Å². The van der Waals surface area contributed by atoms with Gasteiger partial charge >= 0.3 is 29.6 Å². The van der Waals surface area contributed by atoms with Crippen molar-refractivity contribution in [2.75, 3.05) is 0 Å². The Labute approximate surface area is 327 Å². The van der Waals surface area contributed by atoms with Crippen LogP contribution in [0.5, 0.6) is 0 Å². The van der Waals surface area contributed by atoms with Gasteiger partial charge in [-0.3, -0.25) is 0 Å². The van der Waals surface area contributed by atoms with Gasteiger partial charge < -0.3 is 0 Å². The minimum absolute atomic E-state index is 0. The van der Waals surface area contributed by atoms with Gasteiger partial charge in [-0.15, -0.1) is 0 Å². The summed E-state index contributed by atoms with van der Waals surface area (Å²) in [5, 5.41) is 0. The molecule has 0 aliphatic heterocycles. The number of nitrogens with zero attached hydrogens (tertiary/aromatic N) is 1. The molecule has 0 saturated heterocycles. The van der Waals surface area contributed by atoms with E-state index in [1.54, 1.807) is 0 Å². The third-order valence-corrected chi connectivity index (χ3v) is 10.3. The second kappa shape index (κ2) is 47.1. The van der Waals surface area contributed by atoms with Crippen molar-refractivity contribution < 1.29 is 34.1 Å². The van der Waals surface area contributed by atoms with Gasteiger partial charge in [0.05, 0.1) is 0 Å². The quantitative estimate of drug-likeness (QED) is 0.0374. The van der Waals surface area contributed by atoms with Gasteiger partial charge in [0, 0.05) is 18.6 Å². The van der Waals surface area contributed by atoms with Crippen molar-refractivity contribution in [2.45, 2.75) is 265 Å². The van der Waals surface area contributed by atoms with Crippen LogP contribution in [0.25, 0.3) is 0 Å². The molecule has 1 aromatic heterocycles. The Morgan fingerprint density at radius 2 is 0.438 bits per heavy atom. The SMILES string of the molecule is CCCCCCCCCCCCCCCCCCCCCCCCC.CCCCCCCCCCCCCCCC[n+]1ccccc1.[Na+]. The maximum absolute atomic E-state index is 2.30. The van der Waals surface area contributed by atoms with E-state index in [4.69, 9.17) is 0 Å². The topological polar surface area (TPSA) is 3.88 Å². The molecule has 0 bridgehead atoms. The number of aryl methyl sites for hydroxylation is 1. The third-order valence-electron chi connectivity index (χ3n) is 10.3. The van der Waals surface area contributed by atoms with Crippen molar-refractivity contribution in [3.8, 4) is 0 Å². The molecule has 1 rings (SSSR count). The van der Waals surface area contributed by atoms with E-state index < -0.39 is 0 Å². The average molecular weight is 680 g/mol. The number of rotatable bonds is 37. The predicted molar refractivity (Wildman–Crippen MR) is 214 cm³/mol. The summed E-state index contributed by atoms with van der Waals surface area (Å²) in [5.74, 6) is 0. The zero-order valence-corrected chi connectivity index (χ0v) is 36.2. The second-order valence-electron chi connectivity index (χ2n) is 15.1. The third kappa shape index (κ3) is 44.2. The fourth-order valence-corrected chi connectivity index (χ4v) is 6.93. The van der Waals surface area contributed by atoms with E-state index >= 15 is 0 Å². The van der Waals surface area contributed by atoms with Crippen molar-refractivity contribution in [3.05, 3.63) is 30.6 Å². The van der Waals surface area contributed by atoms with Crippen LogP contribution in [-0.2, 0) is 6.54 Å². The summed E-state index contributed by atoms with van der Waals surface area (Å²) in [7, 11) is 0. The smallest absolute Gasteiger partial charge is 0.205 e. The first-order valence-electron chi connectivity index (χ1n) is 22.3. The number of hydrogen-bond acceptors (Lipinski definition) is 0. The summed E-state index contributed by atoms with van der Waals surface area (Å²) in [6.45, 7) is 8.08. The fraction of sp³-hybridized carbons (Fsp3) is 0.891. The van der Waals surface area contributed by atoms with Gasteiger partial charge in [0.15, 0.2) is 12.4 Å². The van der Waals surface area contributed by atoms with Crippen LogP contribution >= 0.6 is 0 Å². The molecule has 1 aromatic rings. The van der Waals surface area contributed by atoms with Crippen molar-refractivity contribution in [2.24, 2.45) is 0 Å². The van der Waals surface area contributed by atoms with Crippen LogP contribution in [0, 0.1) is 0 Å². The molecule has 278 valence electrons. The molecule has 1 nitrogen and oxygen atoms in total. The van der Waals surface area contributed by atoms with E-state index in [9.17, 15) is 0 Å². The Morgan fingerprint density at radius 1 is 0.250 bits per heavy atom. The van der Waals surface area contributed by atoms with E-state index in [0.29, 0.717) is 0 Å². The summed E-state index contributed by atoms with van der Waals surface area (Å²) in [6.07, 6.45) is 58.3. The molecule has 0 aromatic carbocycles. The second-order valence-corrected chi connectivity index (χ2v) is 15.1. The van der Waals surface area contributed by atoms with E-state index in [1.165, 1.54) is 244 Å². The van der Waals surface area contributed by atoms with Gasteiger partial charge in [0.2, 0.25) is 0 Å². The van der Waals surface area contributed by atoms with Crippen LogP contribution in [0.3, 0.4) is 0 Å². The monoisotopic (exact) mass is 680 g/mol. The number of aromatic nitrogens is 1. The Morgan fingerprint density at radius 3 is 0.646 bits per heavy atom. The number of hydrogen-bond donors (Lipinski definition) is 0. The van der Waals surface area contributed by atoms with Crippen molar-refractivity contribution >= 4 is 0 Å². The summed E-state index contributed by atoms with van der Waals surface area (Å²) in [6, 6.07) is 6.31. The average Bonchev–Trinajstić information content (AvgIpc) is 3.10. The summed E-state index contributed by atoms with van der Waals surface area (Å²) < 4.78 is 2.29. The molecule has 0 saturated carbocycles. The minimum atomic E-state index is 0. The van der Waals surface area contributed by atoms with Crippen molar-refractivity contribution in [1.29, 1.82) is 0 Å². The molecule has 0 amide bonds. The molecule has 0 fully saturated rings.